The molecule has 8 nitrogen and oxygen atoms in total. The van der Waals surface area contributed by atoms with Gasteiger partial charge in [0.1, 0.15) is 18.3 Å². The number of unbranched alkanes of at least 4 members (excludes halogenated alkanes) is 1. The summed E-state index contributed by atoms with van der Waals surface area (Å²) in [6.07, 6.45) is 2.69. The van der Waals surface area contributed by atoms with E-state index < -0.39 is 28.5 Å². The maximum atomic E-state index is 14.3. The summed E-state index contributed by atoms with van der Waals surface area (Å²) in [6, 6.07) is 20.3. The fraction of sp³-hybridized carbons (Fsp3) is 0.394. The molecule has 0 spiro atoms. The van der Waals surface area contributed by atoms with Crippen LogP contribution < -0.4 is 14.4 Å². The Morgan fingerprint density at radius 3 is 2.31 bits per heavy atom. The Bertz CT molecular complexity index is 1440. The van der Waals surface area contributed by atoms with Crippen LogP contribution in [0.25, 0.3) is 0 Å². The highest BCUT2D eigenvalue weighted by Gasteiger charge is 2.34. The highest BCUT2D eigenvalue weighted by atomic mass is 32.2. The molecule has 0 aliphatic rings. The van der Waals surface area contributed by atoms with Crippen molar-refractivity contribution in [2.24, 2.45) is 0 Å². The van der Waals surface area contributed by atoms with Crippen LogP contribution in [0.4, 0.5) is 5.69 Å². The molecule has 226 valence electrons. The minimum Gasteiger partial charge on any atom is -0.497 e. The van der Waals surface area contributed by atoms with Crippen molar-refractivity contribution in [3.05, 3.63) is 89.5 Å². The molecule has 0 radical (unpaired) electrons. The first-order valence-corrected chi connectivity index (χ1v) is 16.0. The first-order valence-electron chi connectivity index (χ1n) is 14.5. The zero-order chi connectivity index (χ0) is 30.7. The molecule has 0 unspecified atom stereocenters. The van der Waals surface area contributed by atoms with Gasteiger partial charge >= 0.3 is 0 Å². The minimum atomic E-state index is -4.12. The fourth-order valence-electron chi connectivity index (χ4n) is 4.80. The van der Waals surface area contributed by atoms with E-state index in [1.54, 1.807) is 43.5 Å². The van der Waals surface area contributed by atoms with E-state index in [0.29, 0.717) is 30.8 Å². The Hall–Kier alpha value is -3.85. The van der Waals surface area contributed by atoms with Gasteiger partial charge in [0.25, 0.3) is 10.0 Å². The molecule has 0 aromatic heterocycles. The second-order valence-electron chi connectivity index (χ2n) is 10.2. The smallest absolute Gasteiger partial charge is 0.264 e. The van der Waals surface area contributed by atoms with Gasteiger partial charge in [-0.2, -0.15) is 0 Å². The highest BCUT2D eigenvalue weighted by Crippen LogP contribution is 2.29. The first kappa shape index (κ1) is 32.7. The lowest BCUT2D eigenvalue weighted by Crippen LogP contribution is -2.52. The van der Waals surface area contributed by atoms with Crippen LogP contribution >= 0.6 is 0 Å². The van der Waals surface area contributed by atoms with Gasteiger partial charge < -0.3 is 15.0 Å². The molecule has 0 bridgehead atoms. The first-order chi connectivity index (χ1) is 20.2. The quantitative estimate of drug-likeness (QED) is 0.235. The molecule has 1 N–H and O–H groups in total. The summed E-state index contributed by atoms with van der Waals surface area (Å²) in [5.74, 6) is -0.109. The number of nitrogens with zero attached hydrogens (tertiary/aromatic N) is 2. The number of rotatable bonds is 15. The molecule has 0 heterocycles. The molecule has 3 aromatic rings. The van der Waals surface area contributed by atoms with Crippen molar-refractivity contribution in [1.29, 1.82) is 0 Å². The highest BCUT2D eigenvalue weighted by molar-refractivity contribution is 7.92. The van der Waals surface area contributed by atoms with E-state index in [-0.39, 0.29) is 17.3 Å². The maximum absolute atomic E-state index is 14.3. The van der Waals surface area contributed by atoms with E-state index in [1.807, 2.05) is 64.1 Å². The van der Waals surface area contributed by atoms with Crippen LogP contribution in [-0.2, 0) is 32.6 Å². The number of amides is 2. The van der Waals surface area contributed by atoms with Gasteiger partial charge in [-0.05, 0) is 67.6 Å². The molecule has 2 amide bonds. The number of anilines is 1. The summed E-state index contributed by atoms with van der Waals surface area (Å²) in [5.41, 5.74) is 2.93. The summed E-state index contributed by atoms with van der Waals surface area (Å²) in [7, 11) is -2.55. The Labute approximate surface area is 250 Å². The zero-order valence-corrected chi connectivity index (χ0v) is 26.1. The van der Waals surface area contributed by atoms with Crippen molar-refractivity contribution in [3.8, 4) is 5.75 Å². The van der Waals surface area contributed by atoms with Crippen molar-refractivity contribution in [2.75, 3.05) is 24.5 Å². The van der Waals surface area contributed by atoms with Gasteiger partial charge in [-0.25, -0.2) is 8.42 Å². The Kier molecular flexibility index (Phi) is 12.0. The van der Waals surface area contributed by atoms with Crippen LogP contribution in [0.3, 0.4) is 0 Å². The number of sulfonamides is 1. The van der Waals surface area contributed by atoms with Gasteiger partial charge in [0, 0.05) is 13.1 Å². The number of methoxy groups -OCH3 is 1. The van der Waals surface area contributed by atoms with Crippen LogP contribution in [0.5, 0.6) is 5.75 Å². The molecule has 0 saturated heterocycles. The summed E-state index contributed by atoms with van der Waals surface area (Å²) < 4.78 is 34.8. The fourth-order valence-corrected chi connectivity index (χ4v) is 6.25. The van der Waals surface area contributed by atoms with Crippen molar-refractivity contribution in [1.82, 2.24) is 10.2 Å². The third kappa shape index (κ3) is 8.12. The molecule has 42 heavy (non-hydrogen) atoms. The third-order valence-corrected chi connectivity index (χ3v) is 9.01. The summed E-state index contributed by atoms with van der Waals surface area (Å²) in [6.45, 7) is 7.88. The summed E-state index contributed by atoms with van der Waals surface area (Å²) in [5, 5.41) is 2.95. The van der Waals surface area contributed by atoms with Crippen molar-refractivity contribution >= 4 is 27.5 Å². The SMILES string of the molecule is CCCCNC(=O)[C@H](CC)N(Cc1cccc(OC)c1)C(=O)CN(c1ccccc1CC)S(=O)(=O)c1ccc(C)cc1. The number of carbonyl (C=O) groups is 2. The number of aryl methyl sites for hydroxylation is 2. The topological polar surface area (TPSA) is 96.0 Å². The van der Waals surface area contributed by atoms with Gasteiger partial charge in [0.05, 0.1) is 17.7 Å². The predicted molar refractivity (Wildman–Crippen MR) is 167 cm³/mol. The number of benzene rings is 3. The van der Waals surface area contributed by atoms with Crippen molar-refractivity contribution in [2.45, 2.75) is 70.9 Å². The number of carbonyl (C=O) groups excluding carboxylic acids is 2. The Morgan fingerprint density at radius 1 is 0.952 bits per heavy atom. The molecule has 9 heteroatoms. The maximum Gasteiger partial charge on any atom is 0.264 e. The van der Waals surface area contributed by atoms with E-state index in [1.165, 1.54) is 9.21 Å². The number of para-hydroxylation sites is 1. The van der Waals surface area contributed by atoms with Crippen LogP contribution in [0.15, 0.2) is 77.7 Å². The molecular formula is C33H43N3O5S. The normalized spacial score (nSPS) is 11.9. The van der Waals surface area contributed by atoms with E-state index in [4.69, 9.17) is 4.74 Å². The third-order valence-electron chi connectivity index (χ3n) is 7.23. The Morgan fingerprint density at radius 2 is 1.67 bits per heavy atom. The molecule has 3 aromatic carbocycles. The van der Waals surface area contributed by atoms with Crippen molar-refractivity contribution in [3.63, 3.8) is 0 Å². The lowest BCUT2D eigenvalue weighted by atomic mass is 10.1. The summed E-state index contributed by atoms with van der Waals surface area (Å²) in [4.78, 5) is 29.2. The molecule has 0 fully saturated rings. The van der Waals surface area contributed by atoms with Crippen LogP contribution in [0.1, 0.15) is 56.7 Å². The van der Waals surface area contributed by atoms with Crippen LogP contribution in [-0.4, -0.2) is 51.4 Å². The zero-order valence-electron chi connectivity index (χ0n) is 25.3. The van der Waals surface area contributed by atoms with Gasteiger partial charge in [-0.15, -0.1) is 0 Å². The van der Waals surface area contributed by atoms with Crippen molar-refractivity contribution < 1.29 is 22.7 Å². The predicted octanol–water partition coefficient (Wildman–Crippen LogP) is 5.49. The lowest BCUT2D eigenvalue weighted by molar-refractivity contribution is -0.140. The molecule has 0 aliphatic carbocycles. The van der Waals surface area contributed by atoms with E-state index in [2.05, 4.69) is 5.32 Å². The standard InChI is InChI=1S/C33H43N3O5S/c1-6-9-21-34-33(38)30(8-3)35(23-26-13-12-15-28(22-26)41-5)32(37)24-36(31-16-11-10-14-27(31)7-2)42(39,40)29-19-17-25(4)18-20-29/h10-20,22,30H,6-9,21,23-24H2,1-5H3,(H,34,38)/t30-/m0/s1. The molecular weight excluding hydrogens is 550 g/mol. The number of ether oxygens (including phenoxy) is 1. The number of hydrogen-bond donors (Lipinski definition) is 1. The monoisotopic (exact) mass is 593 g/mol. The van der Waals surface area contributed by atoms with E-state index in [9.17, 15) is 18.0 Å². The molecule has 0 aliphatic heterocycles. The second kappa shape index (κ2) is 15.4. The number of hydrogen-bond acceptors (Lipinski definition) is 5. The van der Waals surface area contributed by atoms with Gasteiger partial charge in [0.2, 0.25) is 11.8 Å². The number of nitrogens with one attached hydrogen (secondary N) is 1. The average Bonchev–Trinajstić information content (AvgIpc) is 3.00. The van der Waals surface area contributed by atoms with E-state index >= 15 is 0 Å². The minimum absolute atomic E-state index is 0.0931. The van der Waals surface area contributed by atoms with Gasteiger partial charge in [0.15, 0.2) is 0 Å². The summed E-state index contributed by atoms with van der Waals surface area (Å²) >= 11 is 0. The van der Waals surface area contributed by atoms with Gasteiger partial charge in [-0.1, -0.05) is 75.2 Å². The second-order valence-corrected chi connectivity index (χ2v) is 12.1. The Balaban J connectivity index is 2.08. The molecule has 1 atom stereocenters. The average molecular weight is 594 g/mol. The molecule has 0 saturated carbocycles. The van der Waals surface area contributed by atoms with Crippen LogP contribution in [0.2, 0.25) is 0 Å². The largest absolute Gasteiger partial charge is 0.497 e. The van der Waals surface area contributed by atoms with Crippen LogP contribution in [0, 0.1) is 6.92 Å². The molecule has 3 rings (SSSR count). The lowest BCUT2D eigenvalue weighted by Gasteiger charge is -2.33. The van der Waals surface area contributed by atoms with E-state index in [0.717, 1.165) is 29.5 Å². The van der Waals surface area contributed by atoms with Gasteiger partial charge in [-0.3, -0.25) is 13.9 Å².